The van der Waals surface area contributed by atoms with Gasteiger partial charge in [-0.05, 0) is 0 Å². The molecule has 0 saturated heterocycles. The Morgan fingerprint density at radius 2 is 2.67 bits per heavy atom. The van der Waals surface area contributed by atoms with Gasteiger partial charge in [-0.1, -0.05) is 24.8 Å². The number of hydrogen-bond acceptors (Lipinski definition) is 2. The molecule has 1 atom stereocenters. The molecule has 0 aromatic carbocycles. The van der Waals surface area contributed by atoms with E-state index in [9.17, 15) is 0 Å². The fourth-order valence-electron chi connectivity index (χ4n) is 0.697. The summed E-state index contributed by atoms with van der Waals surface area (Å²) in [5.74, 6) is 0. The average Bonchev–Trinajstić information content (AvgIpc) is 2.34. The first-order valence-electron chi connectivity index (χ1n) is 2.97. The predicted molar refractivity (Wildman–Crippen MR) is 39.6 cm³/mol. The van der Waals surface area contributed by atoms with E-state index in [4.69, 9.17) is 0 Å². The number of rotatable bonds is 2. The van der Waals surface area contributed by atoms with Gasteiger partial charge >= 0.3 is 0 Å². The Morgan fingerprint density at radius 1 is 1.78 bits per heavy atom. The third kappa shape index (κ3) is 1.72. The zero-order chi connectivity index (χ0) is 6.53. The number of hydrogen-bond donors (Lipinski definition) is 1. The van der Waals surface area contributed by atoms with Crippen molar-refractivity contribution in [2.24, 2.45) is 4.99 Å². The molecule has 0 spiro atoms. The van der Waals surface area contributed by atoms with Crippen LogP contribution in [0.3, 0.4) is 0 Å². The molecule has 1 unspecified atom stereocenters. The number of nitrogens with zero attached hydrogens (tertiary/aromatic N) is 1. The van der Waals surface area contributed by atoms with Gasteiger partial charge in [0.15, 0.2) is 0 Å². The number of aliphatic imine (C=N–C) groups is 1. The molecule has 1 heterocycles. The SMILES string of the molecule is C=C/C=C\C1CN=CN1. The fraction of sp³-hybridized carbons (Fsp3) is 0.286. The van der Waals surface area contributed by atoms with Gasteiger partial charge in [0.25, 0.3) is 0 Å². The third-order valence-corrected chi connectivity index (χ3v) is 1.16. The molecule has 0 fully saturated rings. The zero-order valence-electron chi connectivity index (χ0n) is 5.25. The summed E-state index contributed by atoms with van der Waals surface area (Å²) in [6.45, 7) is 4.42. The van der Waals surface area contributed by atoms with Crippen LogP contribution in [0.1, 0.15) is 0 Å². The maximum atomic E-state index is 4.00. The lowest BCUT2D eigenvalue weighted by atomic mass is 10.3. The molecule has 0 aromatic rings. The van der Waals surface area contributed by atoms with E-state index >= 15 is 0 Å². The molecule has 1 rings (SSSR count). The van der Waals surface area contributed by atoms with Gasteiger partial charge in [-0.3, -0.25) is 4.99 Å². The van der Waals surface area contributed by atoms with Crippen molar-refractivity contribution in [1.82, 2.24) is 5.32 Å². The highest BCUT2D eigenvalue weighted by atomic mass is 15.0. The predicted octanol–water partition coefficient (Wildman–Crippen LogP) is 0.729. The van der Waals surface area contributed by atoms with Crippen molar-refractivity contribution in [3.63, 3.8) is 0 Å². The molecule has 0 bridgehead atoms. The standard InChI is InChI=1S/C7H10N2/c1-2-3-4-7-5-8-6-9-7/h2-4,6-7H,1,5H2,(H,8,9)/b4-3-. The Labute approximate surface area is 55.0 Å². The first-order chi connectivity index (χ1) is 4.43. The maximum Gasteiger partial charge on any atom is 0.0830 e. The van der Waals surface area contributed by atoms with E-state index in [0.29, 0.717) is 6.04 Å². The van der Waals surface area contributed by atoms with Crippen LogP contribution in [0.15, 0.2) is 29.8 Å². The molecule has 0 amide bonds. The van der Waals surface area contributed by atoms with Crippen molar-refractivity contribution in [3.8, 4) is 0 Å². The first-order valence-corrected chi connectivity index (χ1v) is 2.97. The van der Waals surface area contributed by atoms with Crippen molar-refractivity contribution < 1.29 is 0 Å². The molecular weight excluding hydrogens is 112 g/mol. The third-order valence-electron chi connectivity index (χ3n) is 1.16. The summed E-state index contributed by atoms with van der Waals surface area (Å²) in [5.41, 5.74) is 0. The van der Waals surface area contributed by atoms with Crippen molar-refractivity contribution in [1.29, 1.82) is 0 Å². The van der Waals surface area contributed by atoms with Crippen LogP contribution in [0.25, 0.3) is 0 Å². The lowest BCUT2D eigenvalue weighted by Crippen LogP contribution is -2.21. The Morgan fingerprint density at radius 3 is 3.22 bits per heavy atom. The second-order valence-corrected chi connectivity index (χ2v) is 1.89. The maximum absolute atomic E-state index is 4.00. The van der Waals surface area contributed by atoms with Crippen LogP contribution in [0.4, 0.5) is 0 Å². The minimum atomic E-state index is 0.392. The molecule has 9 heavy (non-hydrogen) atoms. The molecule has 0 saturated carbocycles. The molecule has 0 aromatic heterocycles. The van der Waals surface area contributed by atoms with Gasteiger partial charge in [-0.25, -0.2) is 0 Å². The van der Waals surface area contributed by atoms with Gasteiger partial charge in [0.2, 0.25) is 0 Å². The Hall–Kier alpha value is -1.05. The summed E-state index contributed by atoms with van der Waals surface area (Å²) in [5, 5.41) is 3.07. The molecule has 48 valence electrons. The van der Waals surface area contributed by atoms with E-state index in [1.165, 1.54) is 0 Å². The number of allylic oxidation sites excluding steroid dienone is 2. The van der Waals surface area contributed by atoms with E-state index in [0.717, 1.165) is 6.54 Å². The van der Waals surface area contributed by atoms with Gasteiger partial charge in [0, 0.05) is 0 Å². The van der Waals surface area contributed by atoms with E-state index in [1.807, 2.05) is 12.2 Å². The highest BCUT2D eigenvalue weighted by Crippen LogP contribution is 1.91. The van der Waals surface area contributed by atoms with Crippen LogP contribution in [0.5, 0.6) is 0 Å². The normalized spacial score (nSPS) is 24.7. The summed E-state index contributed by atoms with van der Waals surface area (Å²) in [4.78, 5) is 4.00. The Kier molecular flexibility index (Phi) is 2.07. The van der Waals surface area contributed by atoms with Crippen LogP contribution >= 0.6 is 0 Å². The molecular formula is C7H10N2. The smallest absolute Gasteiger partial charge is 0.0830 e. The van der Waals surface area contributed by atoms with Crippen LogP contribution < -0.4 is 5.32 Å². The summed E-state index contributed by atoms with van der Waals surface area (Å²) in [6, 6.07) is 0.392. The lowest BCUT2D eigenvalue weighted by molar-refractivity contribution is 0.801. The van der Waals surface area contributed by atoms with Crippen molar-refractivity contribution in [2.45, 2.75) is 6.04 Å². The molecule has 0 aliphatic carbocycles. The molecule has 1 N–H and O–H groups in total. The highest BCUT2D eigenvalue weighted by Gasteiger charge is 2.02. The molecule has 1 aliphatic heterocycles. The second-order valence-electron chi connectivity index (χ2n) is 1.89. The van der Waals surface area contributed by atoms with Gasteiger partial charge in [0.1, 0.15) is 0 Å². The van der Waals surface area contributed by atoms with Gasteiger partial charge in [-0.15, -0.1) is 0 Å². The minimum absolute atomic E-state index is 0.392. The fourth-order valence-corrected chi connectivity index (χ4v) is 0.697. The van der Waals surface area contributed by atoms with Crippen LogP contribution in [-0.4, -0.2) is 18.9 Å². The van der Waals surface area contributed by atoms with Gasteiger partial charge < -0.3 is 5.32 Å². The summed E-state index contributed by atoms with van der Waals surface area (Å²) >= 11 is 0. The van der Waals surface area contributed by atoms with E-state index in [1.54, 1.807) is 12.4 Å². The molecule has 1 aliphatic rings. The average molecular weight is 122 g/mol. The van der Waals surface area contributed by atoms with Crippen molar-refractivity contribution in [3.05, 3.63) is 24.8 Å². The van der Waals surface area contributed by atoms with Crippen LogP contribution in [0.2, 0.25) is 0 Å². The zero-order valence-corrected chi connectivity index (χ0v) is 5.25. The summed E-state index contributed by atoms with van der Waals surface area (Å²) in [6.07, 6.45) is 7.46. The Bertz CT molecular complexity index is 139. The topological polar surface area (TPSA) is 24.4 Å². The van der Waals surface area contributed by atoms with Crippen LogP contribution in [-0.2, 0) is 0 Å². The Balaban J connectivity index is 2.29. The van der Waals surface area contributed by atoms with Gasteiger partial charge in [-0.2, -0.15) is 0 Å². The van der Waals surface area contributed by atoms with E-state index < -0.39 is 0 Å². The lowest BCUT2D eigenvalue weighted by Gasteiger charge is -1.99. The largest absolute Gasteiger partial charge is 0.368 e. The molecule has 2 heteroatoms. The van der Waals surface area contributed by atoms with Crippen LogP contribution in [0, 0.1) is 0 Å². The number of nitrogens with one attached hydrogen (secondary N) is 1. The molecule has 0 radical (unpaired) electrons. The van der Waals surface area contributed by atoms with E-state index in [-0.39, 0.29) is 0 Å². The van der Waals surface area contributed by atoms with Crippen molar-refractivity contribution in [2.75, 3.05) is 6.54 Å². The van der Waals surface area contributed by atoms with Gasteiger partial charge in [0.05, 0.1) is 18.9 Å². The summed E-state index contributed by atoms with van der Waals surface area (Å²) in [7, 11) is 0. The minimum Gasteiger partial charge on any atom is -0.368 e. The first kappa shape index (κ1) is 6.08. The monoisotopic (exact) mass is 122 g/mol. The second kappa shape index (κ2) is 3.07. The van der Waals surface area contributed by atoms with Crippen molar-refractivity contribution >= 4 is 6.34 Å². The van der Waals surface area contributed by atoms with E-state index in [2.05, 4.69) is 16.9 Å². The molecule has 2 nitrogen and oxygen atoms in total. The highest BCUT2D eigenvalue weighted by molar-refractivity contribution is 5.58. The quantitative estimate of drug-likeness (QED) is 0.536. The summed E-state index contributed by atoms with van der Waals surface area (Å²) < 4.78 is 0.